The van der Waals surface area contributed by atoms with E-state index in [1.807, 2.05) is 13.8 Å². The van der Waals surface area contributed by atoms with Crippen LogP contribution in [-0.4, -0.2) is 0 Å². The molecule has 26 heavy (non-hydrogen) atoms. The predicted molar refractivity (Wildman–Crippen MR) is 115 cm³/mol. The average molecular weight is 345 g/mol. The van der Waals surface area contributed by atoms with E-state index in [1.165, 1.54) is 27.8 Å². The summed E-state index contributed by atoms with van der Waals surface area (Å²) in [6.45, 7) is 13.1. The van der Waals surface area contributed by atoms with Gasteiger partial charge in [0.2, 0.25) is 0 Å². The fraction of sp³-hybridized carbons (Fsp3) is 0.308. The van der Waals surface area contributed by atoms with Crippen molar-refractivity contribution in [2.75, 3.05) is 0 Å². The van der Waals surface area contributed by atoms with Crippen LogP contribution in [0.3, 0.4) is 0 Å². The first-order valence-electron chi connectivity index (χ1n) is 9.71. The van der Waals surface area contributed by atoms with Gasteiger partial charge in [0.1, 0.15) is 0 Å². The van der Waals surface area contributed by atoms with E-state index < -0.39 is 0 Å². The van der Waals surface area contributed by atoms with Crippen LogP contribution < -0.4 is 0 Å². The minimum absolute atomic E-state index is 0.0171. The van der Waals surface area contributed by atoms with E-state index in [9.17, 15) is 0 Å². The van der Waals surface area contributed by atoms with E-state index in [4.69, 9.17) is 0 Å². The summed E-state index contributed by atoms with van der Waals surface area (Å²) in [5.74, 6) is 0.379. The van der Waals surface area contributed by atoms with Crippen LogP contribution in [-0.2, 0) is 5.41 Å². The predicted octanol–water partition coefficient (Wildman–Crippen LogP) is 7.50. The van der Waals surface area contributed by atoms with Gasteiger partial charge in [-0.15, -0.1) is 0 Å². The zero-order chi connectivity index (χ0) is 19.2. The lowest BCUT2D eigenvalue weighted by atomic mass is 9.73. The second-order valence-corrected chi connectivity index (χ2v) is 7.21. The Morgan fingerprint density at radius 2 is 1.23 bits per heavy atom. The van der Waals surface area contributed by atoms with Crippen molar-refractivity contribution in [2.45, 2.75) is 52.9 Å². The first-order valence-corrected chi connectivity index (χ1v) is 9.71. The van der Waals surface area contributed by atoms with Gasteiger partial charge in [0.05, 0.1) is 0 Å². The summed E-state index contributed by atoms with van der Waals surface area (Å²) < 4.78 is 0. The molecule has 0 saturated heterocycles. The summed E-state index contributed by atoms with van der Waals surface area (Å²) >= 11 is 0. The maximum absolute atomic E-state index is 2.32. The van der Waals surface area contributed by atoms with Crippen molar-refractivity contribution in [1.29, 1.82) is 0 Å². The van der Waals surface area contributed by atoms with E-state index in [0.717, 1.165) is 0 Å². The smallest absolute Gasteiger partial charge is 0.0149 e. The van der Waals surface area contributed by atoms with Crippen LogP contribution in [0, 0.1) is 6.92 Å². The summed E-state index contributed by atoms with van der Waals surface area (Å²) in [6.07, 6.45) is 0. The third-order valence-electron chi connectivity index (χ3n) is 5.17. The molecule has 1 unspecified atom stereocenters. The fourth-order valence-corrected chi connectivity index (χ4v) is 3.49. The second kappa shape index (κ2) is 8.85. The van der Waals surface area contributed by atoms with Crippen molar-refractivity contribution >= 4 is 0 Å². The average Bonchev–Trinajstić information content (AvgIpc) is 2.70. The summed E-state index contributed by atoms with van der Waals surface area (Å²) in [5, 5.41) is 0. The molecule has 1 atom stereocenters. The normalized spacial score (nSPS) is 12.1. The Hall–Kier alpha value is -2.34. The Labute approximate surface area is 159 Å². The highest BCUT2D eigenvalue weighted by atomic mass is 14.3. The molecule has 0 aliphatic carbocycles. The Balaban J connectivity index is 0.00000117. The standard InChI is InChI=1S/C24H26.C2H6/c1-18-14-16-20(17-15-18)19(2)22-12-8-9-13-23(22)24(3,4)21-10-6-5-7-11-21;1-2/h5-17,19H,1-4H3;1-2H3. The molecule has 0 bridgehead atoms. The maximum atomic E-state index is 2.32. The molecule has 0 radical (unpaired) electrons. The molecule has 3 rings (SSSR count). The zero-order valence-electron chi connectivity index (χ0n) is 17.1. The Morgan fingerprint density at radius 3 is 1.85 bits per heavy atom. The van der Waals surface area contributed by atoms with Crippen molar-refractivity contribution in [2.24, 2.45) is 0 Å². The molecule has 0 N–H and O–H groups in total. The lowest BCUT2D eigenvalue weighted by molar-refractivity contribution is 0.627. The molecule has 0 amide bonds. The van der Waals surface area contributed by atoms with Crippen molar-refractivity contribution in [3.63, 3.8) is 0 Å². The molecule has 0 aliphatic rings. The van der Waals surface area contributed by atoms with Gasteiger partial charge in [-0.1, -0.05) is 119 Å². The van der Waals surface area contributed by atoms with E-state index in [-0.39, 0.29) is 5.41 Å². The number of benzene rings is 3. The molecular weight excluding hydrogens is 312 g/mol. The first kappa shape index (κ1) is 20.0. The molecule has 0 fully saturated rings. The quantitative estimate of drug-likeness (QED) is 0.459. The Morgan fingerprint density at radius 1 is 0.692 bits per heavy atom. The van der Waals surface area contributed by atoms with E-state index in [0.29, 0.717) is 5.92 Å². The van der Waals surface area contributed by atoms with Crippen molar-refractivity contribution < 1.29 is 0 Å². The van der Waals surface area contributed by atoms with Gasteiger partial charge in [0, 0.05) is 11.3 Å². The van der Waals surface area contributed by atoms with Gasteiger partial charge in [0.25, 0.3) is 0 Å². The second-order valence-electron chi connectivity index (χ2n) is 7.21. The van der Waals surface area contributed by atoms with Crippen LogP contribution in [0.15, 0.2) is 78.9 Å². The van der Waals surface area contributed by atoms with Crippen LogP contribution in [0.4, 0.5) is 0 Å². The molecule has 3 aromatic rings. The third-order valence-corrected chi connectivity index (χ3v) is 5.17. The number of rotatable bonds is 4. The molecule has 3 aromatic carbocycles. The number of hydrogen-bond acceptors (Lipinski definition) is 0. The highest BCUT2D eigenvalue weighted by Crippen LogP contribution is 2.38. The highest BCUT2D eigenvalue weighted by molar-refractivity contribution is 5.46. The van der Waals surface area contributed by atoms with Gasteiger partial charge in [-0.05, 0) is 29.2 Å². The minimum atomic E-state index is -0.0171. The Bertz CT molecular complexity index is 795. The van der Waals surface area contributed by atoms with E-state index in [2.05, 4.69) is 107 Å². The molecule has 0 nitrogen and oxygen atoms in total. The largest absolute Gasteiger partial charge is 0.0683 e. The van der Waals surface area contributed by atoms with Crippen LogP contribution >= 0.6 is 0 Å². The SMILES string of the molecule is CC.Cc1ccc(C(C)c2ccccc2C(C)(C)c2ccccc2)cc1. The summed E-state index contributed by atoms with van der Waals surface area (Å²) in [4.78, 5) is 0. The summed E-state index contributed by atoms with van der Waals surface area (Å²) in [6, 6.07) is 28.6. The summed E-state index contributed by atoms with van der Waals surface area (Å²) in [7, 11) is 0. The van der Waals surface area contributed by atoms with Crippen molar-refractivity contribution in [3.05, 3.63) is 107 Å². The van der Waals surface area contributed by atoms with Crippen molar-refractivity contribution in [1.82, 2.24) is 0 Å². The summed E-state index contributed by atoms with van der Waals surface area (Å²) in [5.41, 5.74) is 6.84. The van der Waals surface area contributed by atoms with Gasteiger partial charge < -0.3 is 0 Å². The zero-order valence-corrected chi connectivity index (χ0v) is 17.1. The van der Waals surface area contributed by atoms with Gasteiger partial charge in [-0.2, -0.15) is 0 Å². The van der Waals surface area contributed by atoms with Crippen LogP contribution in [0.25, 0.3) is 0 Å². The highest BCUT2D eigenvalue weighted by Gasteiger charge is 2.27. The van der Waals surface area contributed by atoms with Gasteiger partial charge in [0.15, 0.2) is 0 Å². The molecule has 0 heteroatoms. The molecule has 0 aromatic heterocycles. The van der Waals surface area contributed by atoms with Gasteiger partial charge in [-0.3, -0.25) is 0 Å². The number of aryl methyl sites for hydroxylation is 1. The van der Waals surface area contributed by atoms with E-state index >= 15 is 0 Å². The lowest BCUT2D eigenvalue weighted by Crippen LogP contribution is -2.21. The molecule has 0 spiro atoms. The third kappa shape index (κ3) is 4.25. The molecule has 136 valence electrons. The molecule has 0 heterocycles. The number of hydrogen-bond donors (Lipinski definition) is 0. The van der Waals surface area contributed by atoms with E-state index in [1.54, 1.807) is 0 Å². The monoisotopic (exact) mass is 344 g/mol. The topological polar surface area (TPSA) is 0 Å². The molecular formula is C26H32. The van der Waals surface area contributed by atoms with Crippen LogP contribution in [0.5, 0.6) is 0 Å². The lowest BCUT2D eigenvalue weighted by Gasteiger charge is -2.30. The van der Waals surface area contributed by atoms with Gasteiger partial charge >= 0.3 is 0 Å². The molecule has 0 saturated carbocycles. The first-order chi connectivity index (χ1) is 12.5. The fourth-order valence-electron chi connectivity index (χ4n) is 3.49. The van der Waals surface area contributed by atoms with Crippen molar-refractivity contribution in [3.8, 4) is 0 Å². The maximum Gasteiger partial charge on any atom is 0.0149 e. The minimum Gasteiger partial charge on any atom is -0.0683 e. The van der Waals surface area contributed by atoms with Gasteiger partial charge in [-0.25, -0.2) is 0 Å². The van der Waals surface area contributed by atoms with Crippen LogP contribution in [0.2, 0.25) is 0 Å². The Kier molecular flexibility index (Phi) is 6.80. The molecule has 0 aliphatic heterocycles. The van der Waals surface area contributed by atoms with Crippen LogP contribution in [0.1, 0.15) is 68.4 Å².